The van der Waals surface area contributed by atoms with Gasteiger partial charge in [-0.05, 0) is 36.4 Å². The van der Waals surface area contributed by atoms with Crippen molar-refractivity contribution in [2.75, 3.05) is 5.48 Å². The highest BCUT2D eigenvalue weighted by atomic mass is 16.5. The predicted octanol–water partition coefficient (Wildman–Crippen LogP) is 2.68. The number of rotatable bonds is 3. The highest BCUT2D eigenvalue weighted by Crippen LogP contribution is 2.21. The summed E-state index contributed by atoms with van der Waals surface area (Å²) >= 11 is 0. The zero-order chi connectivity index (χ0) is 10.5. The van der Waals surface area contributed by atoms with Gasteiger partial charge in [-0.15, -0.1) is 0 Å². The van der Waals surface area contributed by atoms with E-state index in [1.807, 2.05) is 0 Å². The van der Waals surface area contributed by atoms with Crippen LogP contribution in [-0.2, 0) is 0 Å². The van der Waals surface area contributed by atoms with Crippen LogP contribution in [0.2, 0.25) is 0 Å². The highest BCUT2D eigenvalue weighted by Gasteiger charge is 1.96. The second-order valence-corrected chi connectivity index (χ2v) is 2.92. The summed E-state index contributed by atoms with van der Waals surface area (Å²) < 4.78 is 5.53. The number of aromatic nitrogens is 1. The van der Waals surface area contributed by atoms with E-state index in [0.29, 0.717) is 11.4 Å². The van der Waals surface area contributed by atoms with Gasteiger partial charge in [0.25, 0.3) is 0 Å². The molecule has 0 unspecified atom stereocenters. The van der Waals surface area contributed by atoms with Gasteiger partial charge in [0.05, 0.1) is 5.69 Å². The molecule has 1 heterocycles. The lowest BCUT2D eigenvalue weighted by atomic mass is 10.3. The van der Waals surface area contributed by atoms with E-state index in [1.165, 1.54) is 0 Å². The first-order valence-electron chi connectivity index (χ1n) is 4.46. The Kier molecular flexibility index (Phi) is 2.80. The summed E-state index contributed by atoms with van der Waals surface area (Å²) in [5.74, 6) is 1.44. The maximum Gasteiger partial charge on any atom is 0.130 e. The van der Waals surface area contributed by atoms with Crippen LogP contribution in [0.5, 0.6) is 11.5 Å². The molecule has 76 valence electrons. The lowest BCUT2D eigenvalue weighted by Crippen LogP contribution is -1.89. The summed E-state index contributed by atoms with van der Waals surface area (Å²) in [5, 5.41) is 8.62. The molecule has 0 saturated heterocycles. The Morgan fingerprint density at radius 2 is 1.53 bits per heavy atom. The number of ether oxygens (including phenoxy) is 1. The Hall–Kier alpha value is -2.07. The molecule has 0 fully saturated rings. The van der Waals surface area contributed by atoms with E-state index >= 15 is 0 Å². The van der Waals surface area contributed by atoms with Gasteiger partial charge < -0.3 is 4.74 Å². The Morgan fingerprint density at radius 3 is 2.13 bits per heavy atom. The third-order valence-electron chi connectivity index (χ3n) is 1.87. The average Bonchev–Trinajstić information content (AvgIpc) is 2.31. The minimum Gasteiger partial charge on any atom is -0.457 e. The first-order valence-corrected chi connectivity index (χ1v) is 4.46. The number of hydrogen-bond acceptors (Lipinski definition) is 4. The van der Waals surface area contributed by atoms with Crippen molar-refractivity contribution in [2.45, 2.75) is 0 Å². The minimum absolute atomic E-state index is 0.622. The van der Waals surface area contributed by atoms with Gasteiger partial charge in [0.15, 0.2) is 0 Å². The van der Waals surface area contributed by atoms with Crippen molar-refractivity contribution in [3.63, 3.8) is 0 Å². The number of anilines is 1. The van der Waals surface area contributed by atoms with E-state index in [4.69, 9.17) is 9.94 Å². The van der Waals surface area contributed by atoms with Gasteiger partial charge in [-0.25, -0.2) is 0 Å². The van der Waals surface area contributed by atoms with Crippen LogP contribution < -0.4 is 10.2 Å². The van der Waals surface area contributed by atoms with Crippen LogP contribution in [0.25, 0.3) is 0 Å². The van der Waals surface area contributed by atoms with Crippen molar-refractivity contribution in [1.82, 2.24) is 4.98 Å². The molecule has 2 rings (SSSR count). The van der Waals surface area contributed by atoms with Crippen molar-refractivity contribution in [1.29, 1.82) is 0 Å². The number of hydrogen-bond donors (Lipinski definition) is 2. The number of benzene rings is 1. The van der Waals surface area contributed by atoms with Crippen LogP contribution in [0, 0.1) is 0 Å². The predicted molar refractivity (Wildman–Crippen MR) is 56.2 cm³/mol. The second kappa shape index (κ2) is 4.43. The average molecular weight is 202 g/mol. The van der Waals surface area contributed by atoms with Crippen LogP contribution >= 0.6 is 0 Å². The minimum atomic E-state index is 0.622. The summed E-state index contributed by atoms with van der Waals surface area (Å²) in [4.78, 5) is 3.89. The van der Waals surface area contributed by atoms with Gasteiger partial charge in [0.2, 0.25) is 0 Å². The molecule has 1 aromatic carbocycles. The van der Waals surface area contributed by atoms with E-state index in [1.54, 1.807) is 48.8 Å². The summed E-state index contributed by atoms with van der Waals surface area (Å²) in [6.07, 6.45) is 3.33. The molecule has 0 aliphatic heterocycles. The zero-order valence-electron chi connectivity index (χ0n) is 7.92. The second-order valence-electron chi connectivity index (χ2n) is 2.92. The maximum atomic E-state index is 8.62. The molecule has 0 amide bonds. The van der Waals surface area contributed by atoms with Crippen molar-refractivity contribution >= 4 is 5.69 Å². The monoisotopic (exact) mass is 202 g/mol. The van der Waals surface area contributed by atoms with Crippen LogP contribution in [0.1, 0.15) is 0 Å². The smallest absolute Gasteiger partial charge is 0.130 e. The van der Waals surface area contributed by atoms with Gasteiger partial charge in [-0.2, -0.15) is 0 Å². The SMILES string of the molecule is ONc1ccc(Oc2ccncc2)cc1. The Bertz CT molecular complexity index is 414. The largest absolute Gasteiger partial charge is 0.457 e. The molecule has 2 aromatic rings. The fraction of sp³-hybridized carbons (Fsp3) is 0. The van der Waals surface area contributed by atoms with Crippen LogP contribution in [0.3, 0.4) is 0 Å². The van der Waals surface area contributed by atoms with Gasteiger partial charge in [-0.1, -0.05) is 0 Å². The molecule has 1 aromatic heterocycles. The van der Waals surface area contributed by atoms with Crippen LogP contribution in [0.4, 0.5) is 5.69 Å². The third-order valence-corrected chi connectivity index (χ3v) is 1.87. The molecular weight excluding hydrogens is 192 g/mol. The summed E-state index contributed by atoms with van der Waals surface area (Å²) in [6.45, 7) is 0. The number of nitrogens with zero attached hydrogens (tertiary/aromatic N) is 1. The highest BCUT2D eigenvalue weighted by molar-refractivity contribution is 5.45. The summed E-state index contributed by atoms with van der Waals surface area (Å²) in [7, 11) is 0. The molecular formula is C11H10N2O2. The lowest BCUT2D eigenvalue weighted by molar-refractivity contribution is 0.388. The third kappa shape index (κ3) is 2.45. The zero-order valence-corrected chi connectivity index (χ0v) is 7.92. The molecule has 4 nitrogen and oxygen atoms in total. The quantitative estimate of drug-likeness (QED) is 0.751. The van der Waals surface area contributed by atoms with Crippen LogP contribution in [-0.4, -0.2) is 10.2 Å². The first-order chi connectivity index (χ1) is 7.38. The fourth-order valence-corrected chi connectivity index (χ4v) is 1.14. The molecule has 0 bridgehead atoms. The van der Waals surface area contributed by atoms with Gasteiger partial charge in [0.1, 0.15) is 11.5 Å². The van der Waals surface area contributed by atoms with E-state index in [-0.39, 0.29) is 0 Å². The molecule has 0 saturated carbocycles. The summed E-state index contributed by atoms with van der Waals surface area (Å²) in [6, 6.07) is 10.5. The number of nitrogens with one attached hydrogen (secondary N) is 1. The van der Waals surface area contributed by atoms with E-state index in [2.05, 4.69) is 10.5 Å². The van der Waals surface area contributed by atoms with E-state index < -0.39 is 0 Å². The molecule has 15 heavy (non-hydrogen) atoms. The summed E-state index contributed by atoms with van der Waals surface area (Å²) in [5.41, 5.74) is 2.67. The first kappa shape index (κ1) is 9.48. The van der Waals surface area contributed by atoms with Crippen molar-refractivity contribution in [3.05, 3.63) is 48.8 Å². The topological polar surface area (TPSA) is 54.4 Å². The van der Waals surface area contributed by atoms with Crippen molar-refractivity contribution in [3.8, 4) is 11.5 Å². The Morgan fingerprint density at radius 1 is 0.933 bits per heavy atom. The normalized spacial score (nSPS) is 9.67. The Balaban J connectivity index is 2.11. The molecule has 0 spiro atoms. The maximum absolute atomic E-state index is 8.62. The standard InChI is InChI=1S/C11H10N2O2/c14-13-9-1-3-10(4-2-9)15-11-5-7-12-8-6-11/h1-8,13-14H. The molecule has 0 radical (unpaired) electrons. The molecule has 0 aliphatic rings. The van der Waals surface area contributed by atoms with E-state index in [9.17, 15) is 0 Å². The van der Waals surface area contributed by atoms with Crippen LogP contribution in [0.15, 0.2) is 48.8 Å². The fourth-order valence-electron chi connectivity index (χ4n) is 1.14. The van der Waals surface area contributed by atoms with Gasteiger partial charge in [-0.3, -0.25) is 15.7 Å². The van der Waals surface area contributed by atoms with E-state index in [0.717, 1.165) is 5.75 Å². The molecule has 4 heteroatoms. The number of pyridine rings is 1. The van der Waals surface area contributed by atoms with Gasteiger partial charge in [0, 0.05) is 12.4 Å². The molecule has 2 N–H and O–H groups in total. The van der Waals surface area contributed by atoms with Gasteiger partial charge >= 0.3 is 0 Å². The van der Waals surface area contributed by atoms with Crippen molar-refractivity contribution in [2.24, 2.45) is 0 Å². The molecule has 0 aliphatic carbocycles. The Labute approximate surface area is 87.1 Å². The molecule has 0 atom stereocenters. The lowest BCUT2D eigenvalue weighted by Gasteiger charge is -2.05. The van der Waals surface area contributed by atoms with Crippen molar-refractivity contribution < 1.29 is 9.94 Å².